The fourth-order valence-electron chi connectivity index (χ4n) is 5.07. The molecule has 3 heterocycles. The molecule has 2 amide bonds. The third kappa shape index (κ3) is 5.43. The van der Waals surface area contributed by atoms with E-state index in [1.54, 1.807) is 24.3 Å². The number of carbonyl (C=O) groups excluding carboxylic acids is 2. The molecule has 2 fully saturated rings. The Morgan fingerprint density at radius 3 is 2.26 bits per heavy atom. The highest BCUT2D eigenvalue weighted by Gasteiger charge is 2.29. The summed E-state index contributed by atoms with van der Waals surface area (Å²) >= 11 is 0. The van der Waals surface area contributed by atoms with Crippen LogP contribution in [0.5, 0.6) is 5.75 Å². The minimum Gasteiger partial charge on any atom is -0.484 e. The monoisotopic (exact) mass is 468 g/mol. The first-order valence-electron chi connectivity index (χ1n) is 12.3. The maximum Gasteiger partial charge on any atom is 0.260 e. The Kier molecular flexibility index (Phi) is 7.56. The first kappa shape index (κ1) is 24.3. The van der Waals surface area contributed by atoms with Gasteiger partial charge in [0.1, 0.15) is 11.5 Å². The van der Waals surface area contributed by atoms with E-state index in [2.05, 4.69) is 23.9 Å². The number of rotatable bonds is 6. The van der Waals surface area contributed by atoms with Crippen molar-refractivity contribution in [1.29, 1.82) is 0 Å². The zero-order valence-electron chi connectivity index (χ0n) is 20.7. The van der Waals surface area contributed by atoms with Crippen LogP contribution in [0.4, 0.5) is 0 Å². The first-order valence-corrected chi connectivity index (χ1v) is 12.3. The van der Waals surface area contributed by atoms with Crippen LogP contribution >= 0.6 is 0 Å². The number of aromatic nitrogens is 1. The highest BCUT2D eigenvalue weighted by atomic mass is 16.5. The number of hydrogen-bond acceptors (Lipinski definition) is 6. The number of ether oxygens (including phenoxy) is 1. The fraction of sp³-hybridized carbons (Fsp3) is 0.577. The van der Waals surface area contributed by atoms with E-state index < -0.39 is 0 Å². The van der Waals surface area contributed by atoms with Crippen molar-refractivity contribution in [2.24, 2.45) is 0 Å². The predicted octanol–water partition coefficient (Wildman–Crippen LogP) is 3.42. The Morgan fingerprint density at radius 1 is 1.03 bits per heavy atom. The third-order valence-electron chi connectivity index (χ3n) is 7.17. The molecule has 4 rings (SSSR count). The minimum absolute atomic E-state index is 0.0225. The van der Waals surface area contributed by atoms with Gasteiger partial charge in [0.05, 0.1) is 5.69 Å². The van der Waals surface area contributed by atoms with Crippen LogP contribution in [0.3, 0.4) is 0 Å². The van der Waals surface area contributed by atoms with Crippen LogP contribution in [-0.2, 0) is 11.3 Å². The van der Waals surface area contributed by atoms with Gasteiger partial charge in [-0.2, -0.15) is 0 Å². The largest absolute Gasteiger partial charge is 0.484 e. The van der Waals surface area contributed by atoms with Crippen molar-refractivity contribution in [3.05, 3.63) is 46.8 Å². The molecule has 0 N–H and O–H groups in total. The quantitative estimate of drug-likeness (QED) is 0.646. The predicted molar refractivity (Wildman–Crippen MR) is 129 cm³/mol. The number of piperidine rings is 1. The summed E-state index contributed by atoms with van der Waals surface area (Å²) in [4.78, 5) is 31.8. The summed E-state index contributed by atoms with van der Waals surface area (Å²) in [5.74, 6) is 1.51. The van der Waals surface area contributed by atoms with Gasteiger partial charge in [0, 0.05) is 55.9 Å². The fourth-order valence-corrected chi connectivity index (χ4v) is 5.07. The number of piperazine rings is 1. The molecule has 0 aliphatic carbocycles. The molecule has 34 heavy (non-hydrogen) atoms. The van der Waals surface area contributed by atoms with Crippen molar-refractivity contribution >= 4 is 11.8 Å². The summed E-state index contributed by atoms with van der Waals surface area (Å²) in [6.07, 6.45) is 3.25. The zero-order valence-corrected chi connectivity index (χ0v) is 20.7. The van der Waals surface area contributed by atoms with Crippen LogP contribution < -0.4 is 4.74 Å². The van der Waals surface area contributed by atoms with Crippen LogP contribution in [-0.4, -0.2) is 76.5 Å². The summed E-state index contributed by atoms with van der Waals surface area (Å²) < 4.78 is 11.0. The Bertz CT molecular complexity index is 965. The average molecular weight is 469 g/mol. The highest BCUT2D eigenvalue weighted by molar-refractivity contribution is 5.94. The van der Waals surface area contributed by atoms with Crippen molar-refractivity contribution in [2.45, 2.75) is 65.6 Å². The van der Waals surface area contributed by atoms with Crippen molar-refractivity contribution in [2.75, 3.05) is 32.8 Å². The molecule has 2 atom stereocenters. The molecule has 2 aliphatic rings. The summed E-state index contributed by atoms with van der Waals surface area (Å²) in [6, 6.07) is 7.62. The van der Waals surface area contributed by atoms with Crippen LogP contribution in [0.15, 0.2) is 28.8 Å². The SMILES string of the molecule is Cc1noc(C)c1CN1CCN(C(=O)c2ccc(OCC(=O)N3C(C)CCCC3C)cc2)CC1. The molecule has 2 saturated heterocycles. The molecular weight excluding hydrogens is 432 g/mol. The molecule has 0 saturated carbocycles. The maximum atomic E-state index is 13.0. The van der Waals surface area contributed by atoms with Crippen molar-refractivity contribution < 1.29 is 18.8 Å². The lowest BCUT2D eigenvalue weighted by Crippen LogP contribution is -2.49. The lowest BCUT2D eigenvalue weighted by Gasteiger charge is -2.39. The van der Waals surface area contributed by atoms with Gasteiger partial charge >= 0.3 is 0 Å². The van der Waals surface area contributed by atoms with Gasteiger partial charge in [0.2, 0.25) is 0 Å². The maximum absolute atomic E-state index is 13.0. The molecule has 1 aromatic heterocycles. The number of nitrogens with zero attached hydrogens (tertiary/aromatic N) is 4. The standard InChI is InChI=1S/C26H36N4O4/c1-18-6-5-7-19(2)30(18)25(31)17-33-23-10-8-22(9-11-23)26(32)29-14-12-28(13-15-29)16-24-20(3)27-34-21(24)4/h8-11,18-19H,5-7,12-17H2,1-4H3. The van der Waals surface area contributed by atoms with Gasteiger partial charge < -0.3 is 19.1 Å². The molecule has 184 valence electrons. The zero-order chi connectivity index (χ0) is 24.2. The van der Waals surface area contributed by atoms with Crippen LogP contribution in [0.1, 0.15) is 60.5 Å². The normalized spacial score (nSPS) is 21.5. The third-order valence-corrected chi connectivity index (χ3v) is 7.17. The lowest BCUT2D eigenvalue weighted by atomic mass is 9.97. The topological polar surface area (TPSA) is 79.1 Å². The average Bonchev–Trinajstić information content (AvgIpc) is 3.15. The van der Waals surface area contributed by atoms with E-state index in [-0.39, 0.29) is 30.5 Å². The van der Waals surface area contributed by atoms with Gasteiger partial charge in [-0.05, 0) is 71.2 Å². The van der Waals surface area contributed by atoms with Crippen molar-refractivity contribution in [3.63, 3.8) is 0 Å². The Morgan fingerprint density at radius 2 is 1.68 bits per heavy atom. The number of aryl methyl sites for hydroxylation is 2. The second-order valence-corrected chi connectivity index (χ2v) is 9.61. The van der Waals surface area contributed by atoms with E-state index in [9.17, 15) is 9.59 Å². The highest BCUT2D eigenvalue weighted by Crippen LogP contribution is 2.23. The van der Waals surface area contributed by atoms with Crippen LogP contribution in [0.2, 0.25) is 0 Å². The Labute approximate surface area is 201 Å². The Hall–Kier alpha value is -2.87. The van der Waals surface area contributed by atoms with Gasteiger partial charge in [-0.25, -0.2) is 0 Å². The molecule has 2 unspecified atom stereocenters. The molecule has 8 nitrogen and oxygen atoms in total. The molecule has 8 heteroatoms. The minimum atomic E-state index is 0.0225. The smallest absolute Gasteiger partial charge is 0.260 e. The number of likely N-dealkylation sites (tertiary alicyclic amines) is 1. The molecule has 0 radical (unpaired) electrons. The number of amides is 2. The Balaban J connectivity index is 1.26. The van der Waals surface area contributed by atoms with Gasteiger partial charge in [0.25, 0.3) is 11.8 Å². The van der Waals surface area contributed by atoms with Crippen molar-refractivity contribution in [3.8, 4) is 5.75 Å². The van der Waals surface area contributed by atoms with Crippen molar-refractivity contribution in [1.82, 2.24) is 19.9 Å². The molecule has 2 aliphatic heterocycles. The van der Waals surface area contributed by atoms with Gasteiger partial charge in [-0.15, -0.1) is 0 Å². The van der Waals surface area contributed by atoms with E-state index in [0.29, 0.717) is 24.4 Å². The summed E-state index contributed by atoms with van der Waals surface area (Å²) in [7, 11) is 0. The van der Waals surface area contributed by atoms with E-state index in [4.69, 9.17) is 9.26 Å². The van der Waals surface area contributed by atoms with Gasteiger partial charge in [-0.3, -0.25) is 14.5 Å². The second kappa shape index (κ2) is 10.6. The molecular formula is C26H36N4O4. The van der Waals surface area contributed by atoms with Gasteiger partial charge in [0.15, 0.2) is 6.61 Å². The first-order chi connectivity index (χ1) is 16.3. The molecule has 0 bridgehead atoms. The van der Waals surface area contributed by atoms with Gasteiger partial charge in [-0.1, -0.05) is 5.16 Å². The summed E-state index contributed by atoms with van der Waals surface area (Å²) in [5, 5.41) is 4.03. The van der Waals surface area contributed by atoms with E-state index in [1.807, 2.05) is 23.6 Å². The van der Waals surface area contributed by atoms with Crippen LogP contribution in [0, 0.1) is 13.8 Å². The van der Waals surface area contributed by atoms with Crippen LogP contribution in [0.25, 0.3) is 0 Å². The number of benzene rings is 1. The van der Waals surface area contributed by atoms with E-state index >= 15 is 0 Å². The number of carbonyl (C=O) groups is 2. The van der Waals surface area contributed by atoms with E-state index in [1.165, 1.54) is 6.42 Å². The lowest BCUT2D eigenvalue weighted by molar-refractivity contribution is -0.139. The number of hydrogen-bond donors (Lipinski definition) is 0. The summed E-state index contributed by atoms with van der Waals surface area (Å²) in [6.45, 7) is 11.9. The molecule has 2 aromatic rings. The summed E-state index contributed by atoms with van der Waals surface area (Å²) in [5.41, 5.74) is 2.70. The molecule has 1 aromatic carbocycles. The molecule has 0 spiro atoms. The van der Waals surface area contributed by atoms with E-state index in [0.717, 1.165) is 49.5 Å². The second-order valence-electron chi connectivity index (χ2n) is 9.61.